The van der Waals surface area contributed by atoms with Gasteiger partial charge in [0.15, 0.2) is 5.82 Å². The van der Waals surface area contributed by atoms with Crippen LogP contribution in [0.4, 0.5) is 10.2 Å². The van der Waals surface area contributed by atoms with Crippen LogP contribution >= 0.6 is 11.6 Å². The van der Waals surface area contributed by atoms with Crippen LogP contribution in [0.5, 0.6) is 0 Å². The molecule has 2 aromatic carbocycles. The van der Waals surface area contributed by atoms with Crippen molar-refractivity contribution in [1.29, 1.82) is 0 Å². The van der Waals surface area contributed by atoms with Gasteiger partial charge in [-0.1, -0.05) is 29.8 Å². The molecule has 0 aliphatic carbocycles. The number of halogens is 2. The second kappa shape index (κ2) is 6.62. The number of benzene rings is 2. The third-order valence-electron chi connectivity index (χ3n) is 3.30. The van der Waals surface area contributed by atoms with E-state index in [0.29, 0.717) is 17.3 Å². The van der Waals surface area contributed by atoms with E-state index in [-0.39, 0.29) is 17.2 Å². The molecular formula is C17H13ClFN3O. The highest BCUT2D eigenvalue weighted by Crippen LogP contribution is 2.13. The minimum atomic E-state index is -0.296. The Bertz CT molecular complexity index is 878. The summed E-state index contributed by atoms with van der Waals surface area (Å²) in [7, 11) is 0. The molecule has 0 amide bonds. The predicted octanol–water partition coefficient (Wildman–Crippen LogP) is 3.64. The van der Waals surface area contributed by atoms with Gasteiger partial charge < -0.3 is 5.32 Å². The van der Waals surface area contributed by atoms with Crippen LogP contribution in [0.2, 0.25) is 5.02 Å². The molecule has 0 saturated carbocycles. The van der Waals surface area contributed by atoms with Crippen molar-refractivity contribution in [1.82, 2.24) is 9.55 Å². The normalized spacial score (nSPS) is 10.5. The molecule has 3 aromatic rings. The Balaban J connectivity index is 1.85. The highest BCUT2D eigenvalue weighted by atomic mass is 35.5. The SMILES string of the molecule is O=c1c(NCc2ccc(F)cc2)nccn1-c1cccc(Cl)c1. The smallest absolute Gasteiger partial charge is 0.297 e. The zero-order valence-electron chi connectivity index (χ0n) is 12.0. The lowest BCUT2D eigenvalue weighted by molar-refractivity contribution is 0.627. The van der Waals surface area contributed by atoms with Crippen LogP contribution in [0.1, 0.15) is 5.56 Å². The Morgan fingerprint density at radius 2 is 1.96 bits per heavy atom. The highest BCUT2D eigenvalue weighted by molar-refractivity contribution is 6.30. The quantitative estimate of drug-likeness (QED) is 0.795. The van der Waals surface area contributed by atoms with Gasteiger partial charge in [-0.05, 0) is 35.9 Å². The second-order valence-electron chi connectivity index (χ2n) is 4.91. The molecule has 0 radical (unpaired) electrons. The van der Waals surface area contributed by atoms with Crippen LogP contribution in [0.25, 0.3) is 5.69 Å². The summed E-state index contributed by atoms with van der Waals surface area (Å²) < 4.78 is 14.4. The lowest BCUT2D eigenvalue weighted by atomic mass is 10.2. The van der Waals surface area contributed by atoms with E-state index in [4.69, 9.17) is 11.6 Å². The zero-order chi connectivity index (χ0) is 16.2. The fraction of sp³-hybridized carbons (Fsp3) is 0.0588. The van der Waals surface area contributed by atoms with E-state index >= 15 is 0 Å². The van der Waals surface area contributed by atoms with Crippen molar-refractivity contribution in [2.24, 2.45) is 0 Å². The van der Waals surface area contributed by atoms with Crippen LogP contribution in [0, 0.1) is 5.82 Å². The van der Waals surface area contributed by atoms with Crippen molar-refractivity contribution >= 4 is 17.4 Å². The minimum absolute atomic E-state index is 0.219. The lowest BCUT2D eigenvalue weighted by Crippen LogP contribution is -2.23. The van der Waals surface area contributed by atoms with Crippen molar-refractivity contribution in [3.63, 3.8) is 0 Å². The minimum Gasteiger partial charge on any atom is -0.361 e. The summed E-state index contributed by atoms with van der Waals surface area (Å²) in [5.41, 5.74) is 1.23. The van der Waals surface area contributed by atoms with E-state index < -0.39 is 0 Å². The summed E-state index contributed by atoms with van der Waals surface area (Å²) in [5.74, 6) is -0.0771. The summed E-state index contributed by atoms with van der Waals surface area (Å²) in [6, 6.07) is 13.1. The molecule has 0 atom stereocenters. The Hall–Kier alpha value is -2.66. The predicted molar refractivity (Wildman–Crippen MR) is 88.6 cm³/mol. The van der Waals surface area contributed by atoms with Crippen molar-refractivity contribution in [3.05, 3.63) is 87.7 Å². The molecule has 0 bridgehead atoms. The molecule has 23 heavy (non-hydrogen) atoms. The number of nitrogens with one attached hydrogen (secondary N) is 1. The van der Waals surface area contributed by atoms with Crippen molar-refractivity contribution in [2.45, 2.75) is 6.54 Å². The number of hydrogen-bond acceptors (Lipinski definition) is 3. The summed E-state index contributed by atoms with van der Waals surface area (Å²) in [5, 5.41) is 3.52. The first-order valence-corrected chi connectivity index (χ1v) is 7.33. The third kappa shape index (κ3) is 3.57. The van der Waals surface area contributed by atoms with E-state index in [1.165, 1.54) is 22.9 Å². The molecule has 3 rings (SSSR count). The van der Waals surface area contributed by atoms with Crippen LogP contribution in [0.3, 0.4) is 0 Å². The Labute approximate surface area is 137 Å². The molecule has 1 N–H and O–H groups in total. The third-order valence-corrected chi connectivity index (χ3v) is 3.54. The molecular weight excluding hydrogens is 317 g/mol. The average Bonchev–Trinajstić information content (AvgIpc) is 2.55. The van der Waals surface area contributed by atoms with Crippen LogP contribution < -0.4 is 10.9 Å². The second-order valence-corrected chi connectivity index (χ2v) is 5.35. The fourth-order valence-corrected chi connectivity index (χ4v) is 2.33. The standard InChI is InChI=1S/C17H13ClFN3O/c18-13-2-1-3-15(10-13)22-9-8-20-16(17(22)23)21-11-12-4-6-14(19)7-5-12/h1-10H,11H2,(H,20,21). The van der Waals surface area contributed by atoms with Crippen molar-refractivity contribution in [3.8, 4) is 5.69 Å². The molecule has 1 heterocycles. The van der Waals surface area contributed by atoms with Gasteiger partial charge in [-0.15, -0.1) is 0 Å². The number of aromatic nitrogens is 2. The van der Waals surface area contributed by atoms with Crippen LogP contribution in [-0.2, 0) is 6.54 Å². The van der Waals surface area contributed by atoms with Gasteiger partial charge in [0.2, 0.25) is 0 Å². The van der Waals surface area contributed by atoms with Crippen molar-refractivity contribution in [2.75, 3.05) is 5.32 Å². The molecule has 4 nitrogen and oxygen atoms in total. The van der Waals surface area contributed by atoms with E-state index in [1.807, 2.05) is 0 Å². The highest BCUT2D eigenvalue weighted by Gasteiger charge is 2.06. The largest absolute Gasteiger partial charge is 0.361 e. The summed E-state index contributed by atoms with van der Waals surface area (Å²) in [6.07, 6.45) is 3.12. The Morgan fingerprint density at radius 3 is 2.70 bits per heavy atom. The Kier molecular flexibility index (Phi) is 4.39. The molecule has 0 aliphatic heterocycles. The number of nitrogens with zero attached hydrogens (tertiary/aromatic N) is 2. The maximum atomic E-state index is 12.9. The summed E-state index contributed by atoms with van der Waals surface area (Å²) in [4.78, 5) is 16.6. The van der Waals surface area contributed by atoms with E-state index in [2.05, 4.69) is 10.3 Å². The molecule has 0 saturated heterocycles. The average molecular weight is 330 g/mol. The zero-order valence-corrected chi connectivity index (χ0v) is 12.8. The van der Waals surface area contributed by atoms with E-state index in [0.717, 1.165) is 5.56 Å². The van der Waals surface area contributed by atoms with Crippen LogP contribution in [-0.4, -0.2) is 9.55 Å². The number of hydrogen-bond donors (Lipinski definition) is 1. The van der Waals surface area contributed by atoms with Gasteiger partial charge in [0.1, 0.15) is 5.82 Å². The van der Waals surface area contributed by atoms with Gasteiger partial charge in [0.25, 0.3) is 5.56 Å². The lowest BCUT2D eigenvalue weighted by Gasteiger charge is -2.09. The van der Waals surface area contributed by atoms with Gasteiger partial charge >= 0.3 is 0 Å². The van der Waals surface area contributed by atoms with Gasteiger partial charge in [0, 0.05) is 24.0 Å². The topological polar surface area (TPSA) is 46.9 Å². The molecule has 6 heteroatoms. The molecule has 0 aliphatic rings. The molecule has 1 aromatic heterocycles. The number of anilines is 1. The van der Waals surface area contributed by atoms with E-state index in [9.17, 15) is 9.18 Å². The van der Waals surface area contributed by atoms with Gasteiger partial charge in [-0.25, -0.2) is 9.37 Å². The molecule has 0 spiro atoms. The molecule has 0 fully saturated rings. The van der Waals surface area contributed by atoms with E-state index in [1.54, 1.807) is 42.6 Å². The van der Waals surface area contributed by atoms with Crippen molar-refractivity contribution < 1.29 is 4.39 Å². The first-order chi connectivity index (χ1) is 11.1. The van der Waals surface area contributed by atoms with Gasteiger partial charge in [0.05, 0.1) is 5.69 Å². The monoisotopic (exact) mass is 329 g/mol. The Morgan fingerprint density at radius 1 is 1.17 bits per heavy atom. The molecule has 116 valence electrons. The van der Waals surface area contributed by atoms with Gasteiger partial charge in [-0.2, -0.15) is 0 Å². The number of rotatable bonds is 4. The first kappa shape index (κ1) is 15.2. The summed E-state index contributed by atoms with van der Waals surface area (Å²) >= 11 is 5.96. The molecule has 0 unspecified atom stereocenters. The maximum Gasteiger partial charge on any atom is 0.297 e. The fourth-order valence-electron chi connectivity index (χ4n) is 2.15. The van der Waals surface area contributed by atoms with Crippen LogP contribution in [0.15, 0.2) is 65.7 Å². The first-order valence-electron chi connectivity index (χ1n) is 6.95. The van der Waals surface area contributed by atoms with Gasteiger partial charge in [-0.3, -0.25) is 9.36 Å². The summed E-state index contributed by atoms with van der Waals surface area (Å²) in [6.45, 7) is 0.377. The maximum absolute atomic E-state index is 12.9.